The second-order valence-electron chi connectivity index (χ2n) is 4.46. The molecule has 0 bridgehead atoms. The van der Waals surface area contributed by atoms with E-state index in [2.05, 4.69) is 22.2 Å². The molecule has 4 heteroatoms. The van der Waals surface area contributed by atoms with Gasteiger partial charge in [-0.1, -0.05) is 12.5 Å². The Bertz CT molecular complexity index is 340. The monoisotopic (exact) mass is 220 g/mol. The Morgan fingerprint density at radius 1 is 1.50 bits per heavy atom. The van der Waals surface area contributed by atoms with Crippen LogP contribution in [0.2, 0.25) is 0 Å². The number of hydrogen-bond acceptors (Lipinski definition) is 4. The minimum Gasteiger partial charge on any atom is -0.384 e. The molecule has 1 aliphatic rings. The van der Waals surface area contributed by atoms with Gasteiger partial charge in [0.1, 0.15) is 11.6 Å². The summed E-state index contributed by atoms with van der Waals surface area (Å²) < 4.78 is 0. The first-order chi connectivity index (χ1) is 7.75. The number of pyridine rings is 1. The lowest BCUT2D eigenvalue weighted by molar-refractivity contribution is 0.194. The molecule has 1 aliphatic heterocycles. The number of nitrogens with one attached hydrogen (secondary N) is 1. The Hall–Kier alpha value is -1.29. The van der Waals surface area contributed by atoms with Gasteiger partial charge in [0.05, 0.1) is 0 Å². The predicted molar refractivity (Wildman–Crippen MR) is 67.4 cm³/mol. The Kier molecular flexibility index (Phi) is 3.62. The topological polar surface area (TPSA) is 54.2 Å². The van der Waals surface area contributed by atoms with Crippen LogP contribution in [0.25, 0.3) is 0 Å². The van der Waals surface area contributed by atoms with Crippen LogP contribution in [0.5, 0.6) is 0 Å². The maximum atomic E-state index is 5.63. The van der Waals surface area contributed by atoms with Crippen LogP contribution in [0.15, 0.2) is 18.2 Å². The van der Waals surface area contributed by atoms with Crippen LogP contribution >= 0.6 is 0 Å². The molecule has 1 saturated heterocycles. The highest BCUT2D eigenvalue weighted by molar-refractivity contribution is 5.42. The van der Waals surface area contributed by atoms with Crippen molar-refractivity contribution in [1.82, 2.24) is 9.88 Å². The molecule has 16 heavy (non-hydrogen) atoms. The molecule has 0 spiro atoms. The van der Waals surface area contributed by atoms with Gasteiger partial charge in [0.2, 0.25) is 0 Å². The number of anilines is 2. The van der Waals surface area contributed by atoms with Gasteiger partial charge in [0.15, 0.2) is 0 Å². The molecule has 3 N–H and O–H groups in total. The van der Waals surface area contributed by atoms with Crippen molar-refractivity contribution in [3.8, 4) is 0 Å². The highest BCUT2D eigenvalue weighted by Crippen LogP contribution is 2.15. The standard InChI is InChI=1S/C12H20N4/c1-16-8-3-2-5-10(16)9-14-12-7-4-6-11(13)15-12/h4,6-7,10H,2-3,5,8-9H2,1H3,(H3,13,14,15). The summed E-state index contributed by atoms with van der Waals surface area (Å²) in [5.41, 5.74) is 5.63. The van der Waals surface area contributed by atoms with Crippen molar-refractivity contribution in [2.45, 2.75) is 25.3 Å². The van der Waals surface area contributed by atoms with Crippen LogP contribution in [0.4, 0.5) is 11.6 Å². The molecule has 88 valence electrons. The Labute approximate surface area is 96.8 Å². The fourth-order valence-corrected chi connectivity index (χ4v) is 2.17. The lowest BCUT2D eigenvalue weighted by Gasteiger charge is -2.32. The van der Waals surface area contributed by atoms with Crippen LogP contribution in [0.1, 0.15) is 19.3 Å². The van der Waals surface area contributed by atoms with E-state index in [-0.39, 0.29) is 0 Å². The van der Waals surface area contributed by atoms with Crippen LogP contribution in [-0.4, -0.2) is 36.1 Å². The molecular weight excluding hydrogens is 200 g/mol. The number of likely N-dealkylation sites (tertiary alicyclic amines) is 1. The summed E-state index contributed by atoms with van der Waals surface area (Å²) in [6.07, 6.45) is 3.93. The summed E-state index contributed by atoms with van der Waals surface area (Å²) in [5, 5.41) is 3.35. The SMILES string of the molecule is CN1CCCCC1CNc1cccc(N)n1. The van der Waals surface area contributed by atoms with Gasteiger partial charge < -0.3 is 16.0 Å². The molecule has 2 heterocycles. The van der Waals surface area contributed by atoms with E-state index >= 15 is 0 Å². The average molecular weight is 220 g/mol. The maximum Gasteiger partial charge on any atom is 0.128 e. The van der Waals surface area contributed by atoms with Crippen molar-refractivity contribution in [2.24, 2.45) is 0 Å². The van der Waals surface area contributed by atoms with Crippen molar-refractivity contribution in [2.75, 3.05) is 31.2 Å². The van der Waals surface area contributed by atoms with E-state index in [0.29, 0.717) is 11.9 Å². The fourth-order valence-electron chi connectivity index (χ4n) is 2.17. The maximum absolute atomic E-state index is 5.63. The summed E-state index contributed by atoms with van der Waals surface area (Å²) in [6, 6.07) is 6.31. The first-order valence-corrected chi connectivity index (χ1v) is 5.92. The smallest absolute Gasteiger partial charge is 0.128 e. The molecule has 2 rings (SSSR count). The van der Waals surface area contributed by atoms with Gasteiger partial charge in [-0.15, -0.1) is 0 Å². The third-order valence-corrected chi connectivity index (χ3v) is 3.21. The molecule has 1 fully saturated rings. The first kappa shape index (κ1) is 11.2. The Balaban J connectivity index is 1.86. The second kappa shape index (κ2) is 5.16. The molecule has 0 saturated carbocycles. The van der Waals surface area contributed by atoms with E-state index in [0.717, 1.165) is 12.4 Å². The number of nitrogens with two attached hydrogens (primary N) is 1. The average Bonchev–Trinajstić information content (AvgIpc) is 2.28. The van der Waals surface area contributed by atoms with E-state index in [1.54, 1.807) is 6.07 Å². The Morgan fingerprint density at radius 3 is 3.12 bits per heavy atom. The highest BCUT2D eigenvalue weighted by atomic mass is 15.2. The number of rotatable bonds is 3. The van der Waals surface area contributed by atoms with Gasteiger partial charge in [-0.2, -0.15) is 0 Å². The third-order valence-electron chi connectivity index (χ3n) is 3.21. The number of likely N-dealkylation sites (N-methyl/N-ethyl adjacent to an activating group) is 1. The molecule has 1 aromatic heterocycles. The first-order valence-electron chi connectivity index (χ1n) is 5.92. The van der Waals surface area contributed by atoms with E-state index < -0.39 is 0 Å². The second-order valence-corrected chi connectivity index (χ2v) is 4.46. The van der Waals surface area contributed by atoms with Gasteiger partial charge in [-0.05, 0) is 38.6 Å². The number of hydrogen-bond donors (Lipinski definition) is 2. The van der Waals surface area contributed by atoms with Gasteiger partial charge in [-0.3, -0.25) is 0 Å². The lowest BCUT2D eigenvalue weighted by Crippen LogP contribution is -2.40. The fraction of sp³-hybridized carbons (Fsp3) is 0.583. The summed E-state index contributed by atoms with van der Waals surface area (Å²) in [6.45, 7) is 2.16. The summed E-state index contributed by atoms with van der Waals surface area (Å²) in [4.78, 5) is 6.65. The molecule has 0 aromatic carbocycles. The number of aromatic nitrogens is 1. The highest BCUT2D eigenvalue weighted by Gasteiger charge is 2.18. The summed E-state index contributed by atoms with van der Waals surface area (Å²) in [5.74, 6) is 1.45. The minimum absolute atomic E-state index is 0.571. The molecule has 1 atom stereocenters. The van der Waals surface area contributed by atoms with Crippen molar-refractivity contribution in [3.05, 3.63) is 18.2 Å². The van der Waals surface area contributed by atoms with E-state index in [1.165, 1.54) is 25.8 Å². The Morgan fingerprint density at radius 2 is 2.38 bits per heavy atom. The van der Waals surface area contributed by atoms with Gasteiger partial charge >= 0.3 is 0 Å². The van der Waals surface area contributed by atoms with Gasteiger partial charge in [0, 0.05) is 12.6 Å². The van der Waals surface area contributed by atoms with Gasteiger partial charge in [-0.25, -0.2) is 4.98 Å². The molecule has 1 aromatic rings. The molecule has 4 nitrogen and oxygen atoms in total. The number of piperidine rings is 1. The third kappa shape index (κ3) is 2.85. The number of nitrogens with zero attached hydrogens (tertiary/aromatic N) is 2. The van der Waals surface area contributed by atoms with E-state index in [1.807, 2.05) is 12.1 Å². The quantitative estimate of drug-likeness (QED) is 0.811. The normalized spacial score (nSPS) is 21.9. The van der Waals surface area contributed by atoms with Crippen molar-refractivity contribution in [3.63, 3.8) is 0 Å². The van der Waals surface area contributed by atoms with Crippen LogP contribution in [0.3, 0.4) is 0 Å². The zero-order chi connectivity index (χ0) is 11.4. The molecule has 0 aliphatic carbocycles. The van der Waals surface area contributed by atoms with Gasteiger partial charge in [0.25, 0.3) is 0 Å². The number of nitrogen functional groups attached to an aromatic ring is 1. The minimum atomic E-state index is 0.571. The van der Waals surface area contributed by atoms with Crippen molar-refractivity contribution >= 4 is 11.6 Å². The lowest BCUT2D eigenvalue weighted by atomic mass is 10.0. The van der Waals surface area contributed by atoms with Crippen LogP contribution < -0.4 is 11.1 Å². The molecule has 0 radical (unpaired) electrons. The van der Waals surface area contributed by atoms with Crippen LogP contribution in [-0.2, 0) is 0 Å². The van der Waals surface area contributed by atoms with Crippen molar-refractivity contribution in [1.29, 1.82) is 0 Å². The molecular formula is C12H20N4. The molecule has 1 unspecified atom stereocenters. The molecule has 0 amide bonds. The van der Waals surface area contributed by atoms with E-state index in [9.17, 15) is 0 Å². The zero-order valence-electron chi connectivity index (χ0n) is 9.82. The predicted octanol–water partition coefficient (Wildman–Crippen LogP) is 1.56. The van der Waals surface area contributed by atoms with E-state index in [4.69, 9.17) is 5.73 Å². The van der Waals surface area contributed by atoms with Crippen molar-refractivity contribution < 1.29 is 0 Å². The largest absolute Gasteiger partial charge is 0.384 e. The summed E-state index contributed by atoms with van der Waals surface area (Å²) in [7, 11) is 2.19. The van der Waals surface area contributed by atoms with Crippen LogP contribution in [0, 0.1) is 0 Å². The zero-order valence-corrected chi connectivity index (χ0v) is 9.82. The summed E-state index contributed by atoms with van der Waals surface area (Å²) >= 11 is 0.